The number of hydrogen-bond acceptors (Lipinski definition) is 6. The van der Waals surface area contributed by atoms with Gasteiger partial charge in [0.05, 0.1) is 5.92 Å². The number of carboxylic acids is 1. The van der Waals surface area contributed by atoms with Crippen LogP contribution in [0.1, 0.15) is 64.9 Å². The minimum absolute atomic E-state index is 0.0317. The molecular weight excluding hydrogens is 412 g/mol. The number of phenolic OH excluding ortho intramolecular Hbond substituents is 1. The maximum absolute atomic E-state index is 13.3. The highest BCUT2D eigenvalue weighted by atomic mass is 16.5. The smallest absolute Gasteiger partial charge is 0.341 e. The molecule has 1 aromatic rings. The lowest BCUT2D eigenvalue weighted by atomic mass is 9.65. The predicted molar refractivity (Wildman–Crippen MR) is 115 cm³/mol. The average molecular weight is 440 g/mol. The lowest BCUT2D eigenvalue weighted by molar-refractivity contribution is -0.139. The number of benzene rings is 1. The molecule has 0 unspecified atom stereocenters. The molecule has 4 rings (SSSR count). The fraction of sp³-hybridized carbons (Fsp3) is 0.480. The highest BCUT2D eigenvalue weighted by Gasteiger charge is 2.48. The van der Waals surface area contributed by atoms with E-state index in [4.69, 9.17) is 14.6 Å². The van der Waals surface area contributed by atoms with Crippen LogP contribution in [-0.4, -0.2) is 34.4 Å². The van der Waals surface area contributed by atoms with Crippen LogP contribution in [0.25, 0.3) is 0 Å². The summed E-state index contributed by atoms with van der Waals surface area (Å²) >= 11 is 0. The van der Waals surface area contributed by atoms with Crippen LogP contribution in [0.2, 0.25) is 0 Å². The van der Waals surface area contributed by atoms with Gasteiger partial charge in [0, 0.05) is 42.4 Å². The first-order valence-corrected chi connectivity index (χ1v) is 10.8. The van der Waals surface area contributed by atoms with Gasteiger partial charge in [-0.2, -0.15) is 0 Å². The number of carbonyl (C=O) groups excluding carboxylic acids is 2. The molecule has 170 valence electrons. The Morgan fingerprint density at radius 2 is 1.53 bits per heavy atom. The number of allylic oxidation sites excluding steroid dienone is 4. The second-order valence-corrected chi connectivity index (χ2v) is 10.5. The van der Waals surface area contributed by atoms with Gasteiger partial charge in [0.25, 0.3) is 0 Å². The van der Waals surface area contributed by atoms with Crippen LogP contribution >= 0.6 is 0 Å². The Morgan fingerprint density at radius 1 is 1.00 bits per heavy atom. The van der Waals surface area contributed by atoms with Crippen molar-refractivity contribution in [3.63, 3.8) is 0 Å². The van der Waals surface area contributed by atoms with Crippen molar-refractivity contribution in [3.05, 3.63) is 46.4 Å². The lowest BCUT2D eigenvalue weighted by Gasteiger charge is -2.43. The van der Waals surface area contributed by atoms with Gasteiger partial charge in [-0.25, -0.2) is 4.79 Å². The van der Waals surface area contributed by atoms with Gasteiger partial charge in [0.1, 0.15) is 11.5 Å². The summed E-state index contributed by atoms with van der Waals surface area (Å²) in [5, 5.41) is 19.6. The molecule has 2 N–H and O–H groups in total. The predicted octanol–water partition coefficient (Wildman–Crippen LogP) is 4.26. The van der Waals surface area contributed by atoms with Crippen molar-refractivity contribution in [2.24, 2.45) is 10.8 Å². The Hall–Kier alpha value is -3.09. The summed E-state index contributed by atoms with van der Waals surface area (Å²) in [6, 6.07) is 4.66. The van der Waals surface area contributed by atoms with E-state index in [1.165, 1.54) is 6.07 Å². The van der Waals surface area contributed by atoms with E-state index in [9.17, 15) is 19.5 Å². The molecule has 0 saturated carbocycles. The third-order valence-electron chi connectivity index (χ3n) is 6.26. The number of ether oxygens (including phenoxy) is 2. The topological polar surface area (TPSA) is 110 Å². The molecule has 7 heteroatoms. The second-order valence-electron chi connectivity index (χ2n) is 10.5. The summed E-state index contributed by atoms with van der Waals surface area (Å²) in [6.45, 7) is 7.35. The van der Waals surface area contributed by atoms with E-state index < -0.39 is 18.5 Å². The minimum atomic E-state index is -1.20. The van der Waals surface area contributed by atoms with Gasteiger partial charge < -0.3 is 19.7 Å². The number of Topliss-reactive ketones (excluding diaryl/α,β-unsaturated/α-hetero) is 2. The molecule has 0 amide bonds. The van der Waals surface area contributed by atoms with Crippen LogP contribution in [0, 0.1) is 10.8 Å². The normalized spacial score (nSPS) is 22.2. The molecule has 0 atom stereocenters. The summed E-state index contributed by atoms with van der Waals surface area (Å²) < 4.78 is 11.7. The van der Waals surface area contributed by atoms with Gasteiger partial charge in [0.2, 0.25) is 0 Å². The molecule has 2 aliphatic carbocycles. The molecule has 1 heterocycles. The van der Waals surface area contributed by atoms with Crippen molar-refractivity contribution >= 4 is 17.5 Å². The first-order chi connectivity index (χ1) is 14.9. The number of para-hydroxylation sites is 1. The van der Waals surface area contributed by atoms with Crippen molar-refractivity contribution in [2.45, 2.75) is 59.3 Å². The van der Waals surface area contributed by atoms with Crippen LogP contribution in [-0.2, 0) is 19.1 Å². The van der Waals surface area contributed by atoms with Gasteiger partial charge in [-0.15, -0.1) is 0 Å². The van der Waals surface area contributed by atoms with E-state index in [2.05, 4.69) is 0 Å². The van der Waals surface area contributed by atoms with Crippen molar-refractivity contribution in [3.8, 4) is 11.5 Å². The molecule has 1 aliphatic heterocycles. The van der Waals surface area contributed by atoms with E-state index in [0.717, 1.165) is 0 Å². The van der Waals surface area contributed by atoms with Gasteiger partial charge in [-0.1, -0.05) is 39.8 Å². The Morgan fingerprint density at radius 3 is 2.03 bits per heavy atom. The first-order valence-electron chi connectivity index (χ1n) is 10.8. The third-order valence-corrected chi connectivity index (χ3v) is 6.26. The molecule has 0 saturated heterocycles. The van der Waals surface area contributed by atoms with Crippen molar-refractivity contribution in [1.82, 2.24) is 0 Å². The fourth-order valence-corrected chi connectivity index (χ4v) is 5.05. The van der Waals surface area contributed by atoms with Crippen LogP contribution < -0.4 is 4.74 Å². The van der Waals surface area contributed by atoms with Crippen LogP contribution in [0.5, 0.6) is 11.5 Å². The molecule has 3 aliphatic rings. The number of carbonyl (C=O) groups is 3. The molecule has 0 bridgehead atoms. The number of aliphatic carboxylic acids is 1. The van der Waals surface area contributed by atoms with E-state index in [1.54, 1.807) is 12.1 Å². The van der Waals surface area contributed by atoms with Crippen LogP contribution in [0.4, 0.5) is 0 Å². The molecular formula is C25H28O7. The molecule has 0 radical (unpaired) electrons. The first kappa shape index (κ1) is 22.1. The van der Waals surface area contributed by atoms with Gasteiger partial charge in [-0.3, -0.25) is 9.59 Å². The van der Waals surface area contributed by atoms with E-state index in [-0.39, 0.29) is 33.9 Å². The number of rotatable bonds is 4. The molecule has 32 heavy (non-hydrogen) atoms. The highest BCUT2D eigenvalue weighted by molar-refractivity contribution is 6.06. The molecule has 0 aromatic heterocycles. The van der Waals surface area contributed by atoms with Crippen molar-refractivity contribution in [2.75, 3.05) is 6.61 Å². The summed E-state index contributed by atoms with van der Waals surface area (Å²) in [5.74, 6) is -1.37. The largest absolute Gasteiger partial charge is 0.504 e. The van der Waals surface area contributed by atoms with E-state index >= 15 is 0 Å². The maximum Gasteiger partial charge on any atom is 0.341 e. The molecule has 7 nitrogen and oxygen atoms in total. The zero-order chi connectivity index (χ0) is 23.4. The quantitative estimate of drug-likeness (QED) is 0.720. The van der Waals surface area contributed by atoms with E-state index in [0.29, 0.717) is 53.9 Å². The van der Waals surface area contributed by atoms with Crippen molar-refractivity contribution < 1.29 is 34.1 Å². The Labute approximate surface area is 186 Å². The number of ketones is 2. The van der Waals surface area contributed by atoms with E-state index in [1.807, 2.05) is 27.7 Å². The lowest BCUT2D eigenvalue weighted by Crippen LogP contribution is -2.37. The molecule has 1 aromatic carbocycles. The Kier molecular flexibility index (Phi) is 5.18. The molecule has 0 spiro atoms. The number of aromatic hydroxyl groups is 1. The van der Waals surface area contributed by atoms with Gasteiger partial charge >= 0.3 is 5.97 Å². The second kappa shape index (κ2) is 7.50. The number of hydrogen-bond donors (Lipinski definition) is 2. The van der Waals surface area contributed by atoms with Crippen molar-refractivity contribution in [1.29, 1.82) is 0 Å². The summed E-state index contributed by atoms with van der Waals surface area (Å²) in [4.78, 5) is 37.8. The number of carboxylic acid groups (broad SMARTS) is 1. The van der Waals surface area contributed by atoms with Crippen LogP contribution in [0.3, 0.4) is 0 Å². The van der Waals surface area contributed by atoms with Gasteiger partial charge in [0.15, 0.2) is 29.7 Å². The summed E-state index contributed by atoms with van der Waals surface area (Å²) in [6.07, 6.45) is 1.69. The zero-order valence-corrected chi connectivity index (χ0v) is 18.8. The third kappa shape index (κ3) is 3.92. The molecule has 0 fully saturated rings. The maximum atomic E-state index is 13.3. The van der Waals surface area contributed by atoms with Gasteiger partial charge in [-0.05, 0) is 16.9 Å². The average Bonchev–Trinajstić information content (AvgIpc) is 2.63. The summed E-state index contributed by atoms with van der Waals surface area (Å²) in [5.41, 5.74) is 0.641. The minimum Gasteiger partial charge on any atom is -0.504 e. The monoisotopic (exact) mass is 440 g/mol. The summed E-state index contributed by atoms with van der Waals surface area (Å²) in [7, 11) is 0. The highest BCUT2D eigenvalue weighted by Crippen LogP contribution is 2.55. The Balaban J connectivity index is 1.94. The fourth-order valence-electron chi connectivity index (χ4n) is 5.05. The number of phenols is 1. The standard InChI is InChI=1S/C25H28O7/c1-24(2)8-15(27)21-17(10-24)32-18-11-25(3,4)9-16(28)22(18)20(21)13-6-5-7-14(26)23(13)31-12-19(29)30/h5-7,20,26H,8-12H2,1-4H3,(H,29,30). The van der Waals surface area contributed by atoms with Crippen LogP contribution in [0.15, 0.2) is 40.9 Å². The zero-order valence-electron chi connectivity index (χ0n) is 18.8. The SMILES string of the molecule is CC1(C)CC(=O)C2=C(C1)OC1=C(C(=O)CC(C)(C)C1)C2c1cccc(O)c1OCC(=O)O. The Bertz CT molecular complexity index is 1040.